The molecule has 0 aromatic heterocycles. The van der Waals surface area contributed by atoms with Crippen LogP contribution in [-0.2, 0) is 4.79 Å². The molecule has 0 amide bonds. The van der Waals surface area contributed by atoms with Gasteiger partial charge in [0.05, 0.1) is 6.54 Å². The zero-order valence-corrected chi connectivity index (χ0v) is 13.3. The third kappa shape index (κ3) is 4.97. The van der Waals surface area contributed by atoms with Crippen LogP contribution in [-0.4, -0.2) is 28.1 Å². The van der Waals surface area contributed by atoms with Gasteiger partial charge < -0.3 is 5.11 Å². The fraction of sp³-hybridized carbons (Fsp3) is 0.588. The van der Waals surface area contributed by atoms with E-state index in [-0.39, 0.29) is 18.1 Å². The predicted octanol–water partition coefficient (Wildman–Crippen LogP) is 3.96. The summed E-state index contributed by atoms with van der Waals surface area (Å²) in [6.45, 7) is 10.6. The van der Waals surface area contributed by atoms with Crippen molar-refractivity contribution in [3.63, 3.8) is 0 Å². The van der Waals surface area contributed by atoms with Crippen molar-refractivity contribution in [2.24, 2.45) is 5.92 Å². The number of benzene rings is 1. The third-order valence-corrected chi connectivity index (χ3v) is 3.42. The molecule has 0 saturated heterocycles. The van der Waals surface area contributed by atoms with Crippen LogP contribution < -0.4 is 0 Å². The Balaban J connectivity index is 3.14. The lowest BCUT2D eigenvalue weighted by Crippen LogP contribution is -2.47. The maximum Gasteiger partial charge on any atom is 0.317 e. The molecule has 1 aromatic carbocycles. The van der Waals surface area contributed by atoms with Gasteiger partial charge in [-0.2, -0.15) is 0 Å². The zero-order chi connectivity index (χ0) is 15.3. The number of nitrogens with zero attached hydrogens (tertiary/aromatic N) is 1. The van der Waals surface area contributed by atoms with Gasteiger partial charge >= 0.3 is 5.97 Å². The number of carboxylic acids is 1. The molecule has 20 heavy (non-hydrogen) atoms. The number of rotatable bonds is 6. The molecule has 0 aliphatic rings. The maximum atomic E-state index is 11.2. The standard InChI is InChI=1S/C17H27NO2/c1-13(2)11-15(14-9-7-6-8-10-14)18(12-16(19)20)17(3,4)5/h6-10,13,15H,11-12H2,1-5H3,(H,19,20). The van der Waals surface area contributed by atoms with E-state index in [1.54, 1.807) is 0 Å². The van der Waals surface area contributed by atoms with Gasteiger partial charge in [-0.05, 0) is 38.7 Å². The molecule has 0 radical (unpaired) electrons. The molecule has 0 aliphatic heterocycles. The van der Waals surface area contributed by atoms with E-state index in [2.05, 4.69) is 51.7 Å². The first-order valence-corrected chi connectivity index (χ1v) is 7.25. The van der Waals surface area contributed by atoms with Crippen molar-refractivity contribution in [3.8, 4) is 0 Å². The van der Waals surface area contributed by atoms with E-state index in [9.17, 15) is 9.90 Å². The van der Waals surface area contributed by atoms with Crippen LogP contribution in [0.5, 0.6) is 0 Å². The Bertz CT molecular complexity index is 420. The molecule has 0 spiro atoms. The molecule has 1 aromatic rings. The fourth-order valence-electron chi connectivity index (χ4n) is 2.53. The van der Waals surface area contributed by atoms with E-state index < -0.39 is 5.97 Å². The Morgan fingerprint density at radius 2 is 1.75 bits per heavy atom. The highest BCUT2D eigenvalue weighted by molar-refractivity contribution is 5.69. The molecule has 0 bridgehead atoms. The topological polar surface area (TPSA) is 40.5 Å². The van der Waals surface area contributed by atoms with E-state index in [0.717, 1.165) is 6.42 Å². The Hall–Kier alpha value is -1.35. The van der Waals surface area contributed by atoms with Crippen molar-refractivity contribution in [1.82, 2.24) is 4.90 Å². The molecule has 1 N–H and O–H groups in total. The number of aliphatic carboxylic acids is 1. The van der Waals surface area contributed by atoms with Crippen LogP contribution in [0.15, 0.2) is 30.3 Å². The Labute approximate surface area is 122 Å². The van der Waals surface area contributed by atoms with E-state index in [0.29, 0.717) is 5.92 Å². The van der Waals surface area contributed by atoms with Crippen LogP contribution in [0.3, 0.4) is 0 Å². The Morgan fingerprint density at radius 3 is 2.15 bits per heavy atom. The first-order chi connectivity index (χ1) is 9.21. The fourth-order valence-corrected chi connectivity index (χ4v) is 2.53. The SMILES string of the molecule is CC(C)CC(c1ccccc1)N(CC(=O)O)C(C)(C)C. The summed E-state index contributed by atoms with van der Waals surface area (Å²) in [7, 11) is 0. The average Bonchev–Trinajstić information content (AvgIpc) is 2.33. The van der Waals surface area contributed by atoms with Crippen molar-refractivity contribution in [2.75, 3.05) is 6.54 Å². The summed E-state index contributed by atoms with van der Waals surface area (Å²) in [5.74, 6) is -0.261. The number of carbonyl (C=O) groups is 1. The van der Waals surface area contributed by atoms with Crippen LogP contribution in [0.2, 0.25) is 0 Å². The second-order valence-electron chi connectivity index (χ2n) is 6.75. The van der Waals surface area contributed by atoms with E-state index in [1.165, 1.54) is 5.56 Å². The quantitative estimate of drug-likeness (QED) is 0.855. The van der Waals surface area contributed by atoms with E-state index >= 15 is 0 Å². The summed E-state index contributed by atoms with van der Waals surface area (Å²) in [6.07, 6.45) is 0.953. The summed E-state index contributed by atoms with van der Waals surface area (Å²) in [5, 5.41) is 9.24. The lowest BCUT2D eigenvalue weighted by atomic mass is 9.91. The summed E-state index contributed by atoms with van der Waals surface area (Å²) in [4.78, 5) is 13.3. The highest BCUT2D eigenvalue weighted by Crippen LogP contribution is 2.32. The molecular weight excluding hydrogens is 250 g/mol. The maximum absolute atomic E-state index is 11.2. The molecule has 112 valence electrons. The number of hydrogen-bond donors (Lipinski definition) is 1. The van der Waals surface area contributed by atoms with E-state index in [1.807, 2.05) is 18.2 Å². The van der Waals surface area contributed by atoms with Crippen LogP contribution in [0.4, 0.5) is 0 Å². The highest BCUT2D eigenvalue weighted by Gasteiger charge is 2.31. The van der Waals surface area contributed by atoms with Crippen LogP contribution in [0.25, 0.3) is 0 Å². The summed E-state index contributed by atoms with van der Waals surface area (Å²) in [5.41, 5.74) is 1.01. The Kier molecular flexibility index (Phi) is 5.75. The predicted molar refractivity (Wildman–Crippen MR) is 82.7 cm³/mol. The molecule has 0 saturated carbocycles. The van der Waals surface area contributed by atoms with Crippen LogP contribution in [0, 0.1) is 5.92 Å². The lowest BCUT2D eigenvalue weighted by Gasteiger charge is -2.41. The van der Waals surface area contributed by atoms with Crippen LogP contribution in [0.1, 0.15) is 52.6 Å². The van der Waals surface area contributed by atoms with Gasteiger partial charge in [0.1, 0.15) is 0 Å². The molecule has 1 rings (SSSR count). The summed E-state index contributed by atoms with van der Waals surface area (Å²) >= 11 is 0. The molecule has 0 heterocycles. The van der Waals surface area contributed by atoms with Gasteiger partial charge in [0.25, 0.3) is 0 Å². The molecule has 0 fully saturated rings. The molecule has 1 atom stereocenters. The molecule has 3 nitrogen and oxygen atoms in total. The van der Waals surface area contributed by atoms with Gasteiger partial charge in [0.2, 0.25) is 0 Å². The first-order valence-electron chi connectivity index (χ1n) is 7.25. The molecule has 1 unspecified atom stereocenters. The smallest absolute Gasteiger partial charge is 0.317 e. The monoisotopic (exact) mass is 277 g/mol. The van der Waals surface area contributed by atoms with Crippen molar-refractivity contribution >= 4 is 5.97 Å². The van der Waals surface area contributed by atoms with Gasteiger partial charge in [-0.1, -0.05) is 44.2 Å². The van der Waals surface area contributed by atoms with E-state index in [4.69, 9.17) is 0 Å². The summed E-state index contributed by atoms with van der Waals surface area (Å²) in [6, 6.07) is 10.3. The third-order valence-electron chi connectivity index (χ3n) is 3.42. The normalized spacial score (nSPS) is 13.8. The van der Waals surface area contributed by atoms with Gasteiger partial charge in [-0.3, -0.25) is 9.69 Å². The second-order valence-corrected chi connectivity index (χ2v) is 6.75. The minimum atomic E-state index is -0.774. The minimum absolute atomic E-state index is 0.0653. The van der Waals surface area contributed by atoms with Crippen molar-refractivity contribution in [2.45, 2.75) is 52.6 Å². The lowest BCUT2D eigenvalue weighted by molar-refractivity contribution is -0.141. The number of carboxylic acid groups (broad SMARTS) is 1. The van der Waals surface area contributed by atoms with Gasteiger partial charge in [0, 0.05) is 11.6 Å². The largest absolute Gasteiger partial charge is 0.480 e. The van der Waals surface area contributed by atoms with Gasteiger partial charge in [0.15, 0.2) is 0 Å². The van der Waals surface area contributed by atoms with Gasteiger partial charge in [-0.25, -0.2) is 0 Å². The highest BCUT2D eigenvalue weighted by atomic mass is 16.4. The van der Waals surface area contributed by atoms with Crippen molar-refractivity contribution < 1.29 is 9.90 Å². The van der Waals surface area contributed by atoms with Crippen LogP contribution >= 0.6 is 0 Å². The average molecular weight is 277 g/mol. The van der Waals surface area contributed by atoms with Crippen molar-refractivity contribution in [1.29, 1.82) is 0 Å². The minimum Gasteiger partial charge on any atom is -0.480 e. The molecule has 3 heteroatoms. The Morgan fingerprint density at radius 1 is 1.20 bits per heavy atom. The second kappa shape index (κ2) is 6.89. The summed E-state index contributed by atoms with van der Waals surface area (Å²) < 4.78 is 0. The molecule has 0 aliphatic carbocycles. The zero-order valence-electron chi connectivity index (χ0n) is 13.3. The first kappa shape index (κ1) is 16.7. The van der Waals surface area contributed by atoms with Crippen molar-refractivity contribution in [3.05, 3.63) is 35.9 Å². The van der Waals surface area contributed by atoms with Gasteiger partial charge in [-0.15, -0.1) is 0 Å². The number of hydrogen-bond acceptors (Lipinski definition) is 2. The molecular formula is C17H27NO2.